The Bertz CT molecular complexity index is 906. The largest absolute Gasteiger partial charge is 0.379 e. The van der Waals surface area contributed by atoms with Gasteiger partial charge in [0.25, 0.3) is 11.6 Å². The number of piperazine rings is 1. The summed E-state index contributed by atoms with van der Waals surface area (Å²) < 4.78 is 5.40. The number of rotatable bonds is 5. The van der Waals surface area contributed by atoms with E-state index in [0.29, 0.717) is 31.7 Å². The zero-order valence-corrected chi connectivity index (χ0v) is 16.9. The highest BCUT2D eigenvalue weighted by molar-refractivity contribution is 5.94. The van der Waals surface area contributed by atoms with Gasteiger partial charge in [0.05, 0.1) is 18.1 Å². The van der Waals surface area contributed by atoms with Crippen molar-refractivity contribution in [2.75, 3.05) is 57.4 Å². The molecule has 0 atom stereocenters. The molecule has 2 aromatic carbocycles. The molecule has 30 heavy (non-hydrogen) atoms. The second-order valence-electron chi connectivity index (χ2n) is 7.65. The summed E-state index contributed by atoms with van der Waals surface area (Å²) in [6.45, 7) is 6.66. The molecule has 0 bridgehead atoms. The van der Waals surface area contributed by atoms with Crippen LogP contribution < -0.4 is 4.90 Å². The average molecular weight is 410 g/mol. The highest BCUT2D eigenvalue weighted by Gasteiger charge is 2.23. The average Bonchev–Trinajstić information content (AvgIpc) is 2.79. The van der Waals surface area contributed by atoms with Crippen LogP contribution in [0, 0.1) is 10.1 Å². The van der Waals surface area contributed by atoms with Crippen LogP contribution in [0.3, 0.4) is 0 Å². The lowest BCUT2D eigenvalue weighted by Gasteiger charge is -2.36. The number of hydrogen-bond acceptors (Lipinski definition) is 6. The fourth-order valence-corrected chi connectivity index (χ4v) is 3.97. The molecule has 0 unspecified atom stereocenters. The molecule has 1 amide bonds. The Morgan fingerprint density at radius 2 is 1.70 bits per heavy atom. The van der Waals surface area contributed by atoms with Gasteiger partial charge in [-0.25, -0.2) is 0 Å². The lowest BCUT2D eigenvalue weighted by Crippen LogP contribution is -2.48. The summed E-state index contributed by atoms with van der Waals surface area (Å²) in [6, 6.07) is 14.5. The third kappa shape index (κ3) is 4.77. The van der Waals surface area contributed by atoms with Crippen LogP contribution in [-0.4, -0.2) is 73.1 Å². The summed E-state index contributed by atoms with van der Waals surface area (Å²) in [7, 11) is 0. The lowest BCUT2D eigenvalue weighted by atomic mass is 10.1. The highest BCUT2D eigenvalue weighted by atomic mass is 16.6. The van der Waals surface area contributed by atoms with Gasteiger partial charge < -0.3 is 14.5 Å². The van der Waals surface area contributed by atoms with Gasteiger partial charge in [0.15, 0.2) is 0 Å². The number of carbonyl (C=O) groups is 1. The normalized spacial score (nSPS) is 17.7. The van der Waals surface area contributed by atoms with Gasteiger partial charge in [-0.15, -0.1) is 0 Å². The molecule has 2 aromatic rings. The number of ether oxygens (including phenoxy) is 1. The smallest absolute Gasteiger partial charge is 0.271 e. The van der Waals surface area contributed by atoms with E-state index in [4.69, 9.17) is 4.74 Å². The SMILES string of the molecule is O=C(c1cccc(CN2CCOCC2)c1)N1CCN(c2cccc([N+](=O)[O-])c2)CC1. The second kappa shape index (κ2) is 9.23. The number of nitro groups is 1. The first-order chi connectivity index (χ1) is 14.6. The number of nitro benzene ring substituents is 1. The zero-order chi connectivity index (χ0) is 20.9. The number of carbonyl (C=O) groups excluding carboxylic acids is 1. The van der Waals surface area contributed by atoms with Gasteiger partial charge in [-0.3, -0.25) is 19.8 Å². The molecule has 158 valence electrons. The maximum atomic E-state index is 13.0. The third-order valence-corrected chi connectivity index (χ3v) is 5.66. The van der Waals surface area contributed by atoms with E-state index in [-0.39, 0.29) is 16.5 Å². The van der Waals surface area contributed by atoms with Crippen LogP contribution in [0.2, 0.25) is 0 Å². The van der Waals surface area contributed by atoms with Crippen LogP contribution in [0.4, 0.5) is 11.4 Å². The maximum absolute atomic E-state index is 13.0. The number of hydrogen-bond donors (Lipinski definition) is 0. The van der Waals surface area contributed by atoms with Crippen molar-refractivity contribution in [1.29, 1.82) is 0 Å². The second-order valence-corrected chi connectivity index (χ2v) is 7.65. The van der Waals surface area contributed by atoms with Crippen LogP contribution >= 0.6 is 0 Å². The molecule has 2 aliphatic rings. The van der Waals surface area contributed by atoms with E-state index in [1.54, 1.807) is 12.1 Å². The quantitative estimate of drug-likeness (QED) is 0.556. The van der Waals surface area contributed by atoms with Gasteiger partial charge in [-0.1, -0.05) is 18.2 Å². The summed E-state index contributed by atoms with van der Waals surface area (Å²) in [5, 5.41) is 11.0. The summed E-state index contributed by atoms with van der Waals surface area (Å²) in [6.07, 6.45) is 0. The molecule has 2 aliphatic heterocycles. The van der Waals surface area contributed by atoms with E-state index < -0.39 is 0 Å². The van der Waals surface area contributed by atoms with Gasteiger partial charge in [-0.05, 0) is 23.8 Å². The molecule has 8 heteroatoms. The molecular weight excluding hydrogens is 384 g/mol. The molecule has 0 aromatic heterocycles. The van der Waals surface area contributed by atoms with Crippen LogP contribution in [0.15, 0.2) is 48.5 Å². The molecule has 2 fully saturated rings. The van der Waals surface area contributed by atoms with Gasteiger partial charge >= 0.3 is 0 Å². The summed E-state index contributed by atoms with van der Waals surface area (Å²) >= 11 is 0. The number of morpholine rings is 1. The molecule has 8 nitrogen and oxygen atoms in total. The van der Waals surface area contributed by atoms with Crippen molar-refractivity contribution in [2.45, 2.75) is 6.54 Å². The standard InChI is InChI=1S/C22H26N4O4/c27-22(19-4-1-3-18(15-19)17-23-11-13-30-14-12-23)25-9-7-24(8-10-25)20-5-2-6-21(16-20)26(28)29/h1-6,15-16H,7-14,17H2. The highest BCUT2D eigenvalue weighted by Crippen LogP contribution is 2.23. The van der Waals surface area contributed by atoms with Crippen LogP contribution in [0.25, 0.3) is 0 Å². The number of benzene rings is 2. The van der Waals surface area contributed by atoms with Crippen molar-refractivity contribution >= 4 is 17.3 Å². The van der Waals surface area contributed by atoms with Gasteiger partial charge in [-0.2, -0.15) is 0 Å². The van der Waals surface area contributed by atoms with Crippen molar-refractivity contribution in [3.05, 3.63) is 69.8 Å². The van der Waals surface area contributed by atoms with Crippen molar-refractivity contribution in [3.8, 4) is 0 Å². The van der Waals surface area contributed by atoms with E-state index in [2.05, 4.69) is 15.9 Å². The Labute approximate surface area is 175 Å². The molecule has 2 heterocycles. The fourth-order valence-electron chi connectivity index (χ4n) is 3.97. The van der Waals surface area contributed by atoms with Crippen LogP contribution in [-0.2, 0) is 11.3 Å². The minimum atomic E-state index is -0.382. The molecule has 0 radical (unpaired) electrons. The first kappa shape index (κ1) is 20.3. The Morgan fingerprint density at radius 1 is 0.967 bits per heavy atom. The summed E-state index contributed by atoms with van der Waals surface area (Å²) in [5.74, 6) is 0.0394. The number of anilines is 1. The topological polar surface area (TPSA) is 79.2 Å². The fraction of sp³-hybridized carbons (Fsp3) is 0.409. The van der Waals surface area contributed by atoms with Crippen molar-refractivity contribution in [1.82, 2.24) is 9.80 Å². The minimum absolute atomic E-state index is 0.0394. The molecule has 0 aliphatic carbocycles. The minimum Gasteiger partial charge on any atom is -0.379 e. The molecule has 0 N–H and O–H groups in total. The first-order valence-corrected chi connectivity index (χ1v) is 10.3. The third-order valence-electron chi connectivity index (χ3n) is 5.66. The van der Waals surface area contributed by atoms with Gasteiger partial charge in [0, 0.05) is 69.2 Å². The molecule has 0 spiro atoms. The lowest BCUT2D eigenvalue weighted by molar-refractivity contribution is -0.384. The van der Waals surface area contributed by atoms with Crippen molar-refractivity contribution in [3.63, 3.8) is 0 Å². The number of amides is 1. The van der Waals surface area contributed by atoms with Gasteiger partial charge in [0.1, 0.15) is 0 Å². The van der Waals surface area contributed by atoms with Crippen LogP contribution in [0.1, 0.15) is 15.9 Å². The van der Waals surface area contributed by atoms with E-state index in [9.17, 15) is 14.9 Å². The first-order valence-electron chi connectivity index (χ1n) is 10.3. The monoisotopic (exact) mass is 410 g/mol. The summed E-state index contributed by atoms with van der Waals surface area (Å²) in [4.78, 5) is 29.9. The molecule has 4 rings (SSSR count). The predicted octanol–water partition coefficient (Wildman–Crippen LogP) is 2.39. The molecule has 0 saturated carbocycles. The van der Waals surface area contributed by atoms with Crippen LogP contribution in [0.5, 0.6) is 0 Å². The van der Waals surface area contributed by atoms with E-state index >= 15 is 0 Å². The molecular formula is C22H26N4O4. The van der Waals surface area contributed by atoms with Crippen molar-refractivity contribution < 1.29 is 14.5 Å². The van der Waals surface area contributed by atoms with Crippen molar-refractivity contribution in [2.24, 2.45) is 0 Å². The Hall–Kier alpha value is -2.97. The maximum Gasteiger partial charge on any atom is 0.271 e. The predicted molar refractivity (Wildman–Crippen MR) is 114 cm³/mol. The Morgan fingerprint density at radius 3 is 2.43 bits per heavy atom. The Kier molecular flexibility index (Phi) is 6.25. The number of nitrogens with zero attached hydrogens (tertiary/aromatic N) is 4. The van der Waals surface area contributed by atoms with E-state index in [0.717, 1.165) is 44.1 Å². The number of non-ortho nitro benzene ring substituents is 1. The van der Waals surface area contributed by atoms with Gasteiger partial charge in [0.2, 0.25) is 0 Å². The summed E-state index contributed by atoms with van der Waals surface area (Å²) in [5.41, 5.74) is 2.76. The Balaban J connectivity index is 1.36. The molecule has 2 saturated heterocycles. The van der Waals surface area contributed by atoms with E-state index in [1.165, 1.54) is 6.07 Å². The zero-order valence-electron chi connectivity index (χ0n) is 16.9. The van der Waals surface area contributed by atoms with E-state index in [1.807, 2.05) is 29.2 Å².